The van der Waals surface area contributed by atoms with Crippen molar-refractivity contribution in [1.29, 1.82) is 0 Å². The second kappa shape index (κ2) is 10.3. The molecule has 2 aromatic heterocycles. The molecule has 0 aliphatic rings. The normalized spacial score (nSPS) is 12.0. The van der Waals surface area contributed by atoms with E-state index in [4.69, 9.17) is 0 Å². The number of carbonyl (C=O) groups excluding carboxylic acids is 1. The van der Waals surface area contributed by atoms with Crippen molar-refractivity contribution in [3.63, 3.8) is 0 Å². The minimum atomic E-state index is -3.92. The van der Waals surface area contributed by atoms with Crippen molar-refractivity contribution >= 4 is 32.4 Å². The van der Waals surface area contributed by atoms with Crippen LogP contribution in [0.25, 0.3) is 11.3 Å². The zero-order valence-electron chi connectivity index (χ0n) is 20.0. The van der Waals surface area contributed by atoms with E-state index in [1.165, 1.54) is 25.3 Å². The highest BCUT2D eigenvalue weighted by Gasteiger charge is 2.32. The number of anilines is 1. The second-order valence-corrected chi connectivity index (χ2v) is 11.7. The van der Waals surface area contributed by atoms with Crippen molar-refractivity contribution in [1.82, 2.24) is 19.3 Å². The average molecular weight is 528 g/mol. The lowest BCUT2D eigenvalue weighted by atomic mass is 9.89. The van der Waals surface area contributed by atoms with Gasteiger partial charge >= 0.3 is 0 Å². The molecule has 0 fully saturated rings. The lowest BCUT2D eigenvalue weighted by Gasteiger charge is -2.28. The number of hydrogen-bond acceptors (Lipinski definition) is 6. The number of nitrogens with zero attached hydrogens (tertiary/aromatic N) is 3. The van der Waals surface area contributed by atoms with E-state index in [2.05, 4.69) is 20.0 Å². The molecule has 0 spiro atoms. The molecule has 188 valence electrons. The Morgan fingerprint density at radius 2 is 1.83 bits per heavy atom. The molecule has 4 rings (SSSR count). The van der Waals surface area contributed by atoms with Gasteiger partial charge < -0.3 is 9.88 Å². The molecular weight excluding hydrogens is 501 g/mol. The quantitative estimate of drug-likeness (QED) is 0.332. The number of hydrogen-bond donors (Lipinski definition) is 2. The third kappa shape index (κ3) is 5.86. The van der Waals surface area contributed by atoms with Gasteiger partial charge in [0.05, 0.1) is 30.0 Å². The highest BCUT2D eigenvalue weighted by Crippen LogP contribution is 2.34. The van der Waals surface area contributed by atoms with Crippen molar-refractivity contribution in [3.8, 4) is 11.3 Å². The summed E-state index contributed by atoms with van der Waals surface area (Å²) in [5, 5.41) is 2.71. The van der Waals surface area contributed by atoms with Crippen LogP contribution in [0.4, 0.5) is 9.52 Å². The van der Waals surface area contributed by atoms with E-state index in [0.717, 1.165) is 33.7 Å². The van der Waals surface area contributed by atoms with Crippen molar-refractivity contribution < 1.29 is 17.6 Å². The van der Waals surface area contributed by atoms with Gasteiger partial charge in [0.25, 0.3) is 10.0 Å². The Kier molecular flexibility index (Phi) is 7.34. The lowest BCUT2D eigenvalue weighted by molar-refractivity contribution is -0.114. The van der Waals surface area contributed by atoms with E-state index >= 15 is 0 Å². The summed E-state index contributed by atoms with van der Waals surface area (Å²) in [4.78, 5) is 19.6. The van der Waals surface area contributed by atoms with Crippen molar-refractivity contribution in [3.05, 3.63) is 84.2 Å². The van der Waals surface area contributed by atoms with Gasteiger partial charge in [0.2, 0.25) is 5.91 Å². The second-order valence-electron chi connectivity index (χ2n) is 8.79. The first-order valence-corrected chi connectivity index (χ1v) is 13.5. The number of imidazole rings is 1. The molecule has 0 atom stereocenters. The largest absolute Gasteiger partial charge is 0.330 e. The fourth-order valence-corrected chi connectivity index (χ4v) is 6.38. The van der Waals surface area contributed by atoms with Crippen LogP contribution in [0, 0.1) is 5.82 Å². The molecule has 2 aromatic carbocycles. The van der Waals surface area contributed by atoms with Crippen LogP contribution in [0.15, 0.2) is 71.5 Å². The summed E-state index contributed by atoms with van der Waals surface area (Å²) in [6.45, 7) is 5.53. The van der Waals surface area contributed by atoms with Gasteiger partial charge in [0.1, 0.15) is 5.82 Å². The molecule has 11 heteroatoms. The monoisotopic (exact) mass is 527 g/mol. The maximum atomic E-state index is 13.2. The van der Waals surface area contributed by atoms with E-state index in [9.17, 15) is 17.6 Å². The van der Waals surface area contributed by atoms with Gasteiger partial charge in [-0.15, -0.1) is 0 Å². The van der Waals surface area contributed by atoms with Crippen LogP contribution in [0.5, 0.6) is 0 Å². The molecular formula is C25H26FN5O3S2. The van der Waals surface area contributed by atoms with Crippen molar-refractivity contribution in [2.45, 2.75) is 43.5 Å². The van der Waals surface area contributed by atoms with Gasteiger partial charge in [-0.1, -0.05) is 47.7 Å². The van der Waals surface area contributed by atoms with Crippen LogP contribution in [0.2, 0.25) is 0 Å². The molecule has 0 bridgehead atoms. The topological polar surface area (TPSA) is 106 Å². The molecule has 0 radical (unpaired) electrons. The van der Waals surface area contributed by atoms with E-state index in [1.54, 1.807) is 38.5 Å². The Bertz CT molecular complexity index is 1480. The lowest BCUT2D eigenvalue weighted by Crippen LogP contribution is -2.41. The van der Waals surface area contributed by atoms with Crippen LogP contribution >= 0.6 is 11.3 Å². The molecule has 36 heavy (non-hydrogen) atoms. The number of nitrogens with one attached hydrogen (secondary N) is 2. The van der Waals surface area contributed by atoms with Gasteiger partial charge in [-0.05, 0) is 43.5 Å². The third-order valence-electron chi connectivity index (χ3n) is 5.57. The summed E-state index contributed by atoms with van der Waals surface area (Å²) in [6, 6.07) is 14.0. The highest BCUT2D eigenvalue weighted by atomic mass is 32.2. The summed E-state index contributed by atoms with van der Waals surface area (Å²) in [5.74, 6) is -0.600. The first-order chi connectivity index (χ1) is 17.0. The van der Waals surface area contributed by atoms with Crippen LogP contribution in [-0.4, -0.2) is 28.9 Å². The molecule has 0 unspecified atom stereocenters. The van der Waals surface area contributed by atoms with Gasteiger partial charge in [0, 0.05) is 19.0 Å². The first-order valence-electron chi connectivity index (χ1n) is 11.2. The molecule has 0 aliphatic heterocycles. The molecule has 2 heterocycles. The number of carbonyl (C=O) groups is 1. The van der Waals surface area contributed by atoms with Gasteiger partial charge in [-0.3, -0.25) is 4.79 Å². The zero-order chi connectivity index (χ0) is 25.9. The number of benzene rings is 2. The predicted molar refractivity (Wildman–Crippen MR) is 138 cm³/mol. The summed E-state index contributed by atoms with van der Waals surface area (Å²) in [6.07, 6.45) is 5.39. The van der Waals surface area contributed by atoms with Crippen LogP contribution in [0.3, 0.4) is 0 Å². The fourth-order valence-electron chi connectivity index (χ4n) is 3.91. The number of aromatic nitrogens is 3. The summed E-state index contributed by atoms with van der Waals surface area (Å²) in [5.41, 5.74) is 2.46. The molecule has 4 aromatic rings. The van der Waals surface area contributed by atoms with Crippen LogP contribution in [-0.2, 0) is 33.3 Å². The molecule has 8 nitrogen and oxygen atoms in total. The summed E-state index contributed by atoms with van der Waals surface area (Å²) < 4.78 is 44.4. The Morgan fingerprint density at radius 1 is 1.11 bits per heavy atom. The molecule has 1 amide bonds. The molecule has 0 saturated heterocycles. The summed E-state index contributed by atoms with van der Waals surface area (Å²) >= 11 is 0.883. The number of rotatable bonds is 9. The first kappa shape index (κ1) is 25.7. The number of sulfonamides is 1. The van der Waals surface area contributed by atoms with E-state index in [-0.39, 0.29) is 21.1 Å². The number of thiazole rings is 1. The van der Waals surface area contributed by atoms with E-state index in [0.29, 0.717) is 13.0 Å². The Hall–Kier alpha value is -3.41. The molecule has 2 N–H and O–H groups in total. The minimum Gasteiger partial charge on any atom is -0.330 e. The Labute approximate surface area is 213 Å². The Morgan fingerprint density at radius 3 is 2.56 bits per heavy atom. The predicted octanol–water partition coefficient (Wildman–Crippen LogP) is 4.56. The Balaban J connectivity index is 1.60. The van der Waals surface area contributed by atoms with Crippen LogP contribution < -0.4 is 10.0 Å². The van der Waals surface area contributed by atoms with Crippen molar-refractivity contribution in [2.24, 2.45) is 0 Å². The van der Waals surface area contributed by atoms with E-state index in [1.807, 2.05) is 28.8 Å². The molecule has 0 saturated carbocycles. The minimum absolute atomic E-state index is 0.00106. The maximum absolute atomic E-state index is 13.2. The highest BCUT2D eigenvalue weighted by molar-refractivity contribution is 7.91. The average Bonchev–Trinajstić information content (AvgIpc) is 3.48. The third-order valence-corrected chi connectivity index (χ3v) is 8.59. The smallest absolute Gasteiger partial charge is 0.252 e. The fraction of sp³-hybridized carbons (Fsp3) is 0.240. The number of halogens is 1. The van der Waals surface area contributed by atoms with Gasteiger partial charge in [0.15, 0.2) is 9.34 Å². The van der Waals surface area contributed by atoms with Crippen LogP contribution in [0.1, 0.15) is 31.9 Å². The summed E-state index contributed by atoms with van der Waals surface area (Å²) in [7, 11) is -3.92. The van der Waals surface area contributed by atoms with Gasteiger partial charge in [-0.25, -0.2) is 27.5 Å². The number of aryl methyl sites for hydroxylation is 2. The zero-order valence-corrected chi connectivity index (χ0v) is 21.7. The van der Waals surface area contributed by atoms with Gasteiger partial charge in [-0.2, -0.15) is 0 Å². The maximum Gasteiger partial charge on any atom is 0.252 e. The van der Waals surface area contributed by atoms with E-state index < -0.39 is 15.6 Å². The molecule has 0 aliphatic carbocycles. The van der Waals surface area contributed by atoms with Crippen molar-refractivity contribution in [2.75, 3.05) is 5.32 Å². The standard InChI is InChI=1S/C25H26FN5O3S2/c1-17(32)29-24-28-15-23(35-24)36(33,34)30-25(2,3)21-7-5-4-6-20(21)22-14-27-16-31(22)13-12-18-8-10-19(26)11-9-18/h4-11,14-16,30H,12-13H2,1-3H3,(H,28,29,32). The number of amides is 1. The SMILES string of the molecule is CC(=O)Nc1ncc(S(=O)(=O)NC(C)(C)c2ccccc2-c2cncn2CCc2ccc(F)cc2)s1.